The van der Waals surface area contributed by atoms with Gasteiger partial charge in [-0.2, -0.15) is 5.10 Å². The smallest absolute Gasteiger partial charge is 0.238 e. The Morgan fingerprint density at radius 1 is 0.957 bits per heavy atom. The van der Waals surface area contributed by atoms with Crippen molar-refractivity contribution in [2.24, 2.45) is 0 Å². The molecule has 9 nitrogen and oxygen atoms in total. The number of nitrogens with one attached hydrogen (secondary N) is 2. The van der Waals surface area contributed by atoms with Gasteiger partial charge >= 0.3 is 0 Å². The lowest BCUT2D eigenvalue weighted by molar-refractivity contribution is -0.132. The van der Waals surface area contributed by atoms with Gasteiger partial charge in [0.25, 0.3) is 0 Å². The second-order valence-corrected chi connectivity index (χ2v) is 12.7. The highest BCUT2D eigenvalue weighted by molar-refractivity contribution is 8.00. The summed E-state index contributed by atoms with van der Waals surface area (Å²) in [4.78, 5) is 39.2. The van der Waals surface area contributed by atoms with Crippen molar-refractivity contribution in [3.8, 4) is 22.6 Å². The number of benzene rings is 3. The van der Waals surface area contributed by atoms with Crippen LogP contribution in [0.5, 0.6) is 0 Å². The van der Waals surface area contributed by atoms with Gasteiger partial charge in [0.2, 0.25) is 11.8 Å². The Labute approximate surface area is 269 Å². The molecule has 11 heteroatoms. The van der Waals surface area contributed by atoms with E-state index in [0.717, 1.165) is 46.3 Å². The number of hydrogen-bond acceptors (Lipinski definition) is 7. The third-order valence-electron chi connectivity index (χ3n) is 8.39. The Balaban J connectivity index is 0.936. The minimum absolute atomic E-state index is 0.0802. The molecule has 1 atom stereocenters. The van der Waals surface area contributed by atoms with Crippen molar-refractivity contribution in [1.29, 1.82) is 0 Å². The van der Waals surface area contributed by atoms with E-state index in [1.165, 1.54) is 17.7 Å². The molecule has 46 heavy (non-hydrogen) atoms. The quantitative estimate of drug-likeness (QED) is 0.244. The fourth-order valence-electron chi connectivity index (χ4n) is 5.88. The zero-order chi connectivity index (χ0) is 31.5. The average molecular weight is 634 g/mol. The highest BCUT2D eigenvalue weighted by Crippen LogP contribution is 2.30. The molecule has 7 rings (SSSR count). The summed E-state index contributed by atoms with van der Waals surface area (Å²) in [5.41, 5.74) is 6.31. The Kier molecular flexibility index (Phi) is 8.58. The van der Waals surface area contributed by atoms with E-state index in [9.17, 15) is 14.0 Å². The Bertz CT molecular complexity index is 1890. The number of anilines is 1. The van der Waals surface area contributed by atoms with Crippen molar-refractivity contribution >= 4 is 45.7 Å². The number of aromatic nitrogens is 4. The molecule has 2 N–H and O–H groups in total. The van der Waals surface area contributed by atoms with Crippen LogP contribution in [0.4, 0.5) is 10.1 Å². The third-order valence-corrected chi connectivity index (χ3v) is 9.58. The van der Waals surface area contributed by atoms with Gasteiger partial charge in [0.15, 0.2) is 5.82 Å². The minimum atomic E-state index is -0.309. The summed E-state index contributed by atoms with van der Waals surface area (Å²) < 4.78 is 13.4. The largest absolute Gasteiger partial charge is 0.338 e. The van der Waals surface area contributed by atoms with Crippen LogP contribution in [-0.2, 0) is 9.59 Å². The molecule has 0 radical (unpaired) electrons. The number of fused-ring (bicyclic) bond motifs is 1. The van der Waals surface area contributed by atoms with Crippen LogP contribution in [0.15, 0.2) is 91.3 Å². The summed E-state index contributed by atoms with van der Waals surface area (Å²) >= 11 is 1.61. The minimum Gasteiger partial charge on any atom is -0.338 e. The van der Waals surface area contributed by atoms with E-state index in [0.29, 0.717) is 43.4 Å². The molecule has 1 fully saturated rings. The number of halogens is 1. The number of rotatable bonds is 7. The fourth-order valence-corrected chi connectivity index (χ4v) is 7.05. The standard InChI is InChI=1S/C35H32FN7O2S/c36-27-8-6-25(7-9-27)33-29-20-28(10-11-30(29)40-41-33)39-35(45)31-21-42(18-19-46-31)22-32(44)43-16-12-24(13-17-43)23-2-4-26(5-3-23)34-37-14-1-15-38-34/h1-12,14-15,20,31H,13,16-19,21-22H2,(H,39,45)(H,40,41). The second kappa shape index (κ2) is 13.2. The normalized spacial score (nSPS) is 17.1. The van der Waals surface area contributed by atoms with Gasteiger partial charge in [0, 0.05) is 66.5 Å². The van der Waals surface area contributed by atoms with Gasteiger partial charge in [-0.05, 0) is 66.1 Å². The molecule has 4 heterocycles. The van der Waals surface area contributed by atoms with Crippen molar-refractivity contribution in [1.82, 2.24) is 30.0 Å². The van der Waals surface area contributed by atoms with Gasteiger partial charge in [0.1, 0.15) is 5.82 Å². The van der Waals surface area contributed by atoms with E-state index < -0.39 is 0 Å². The SMILES string of the molecule is O=C(Nc1ccc2[nH]nc(-c3ccc(F)cc3)c2c1)C1CN(CC(=O)N2CC=C(c3ccc(-c4ncccn4)cc3)CC2)CCS1. The fraction of sp³-hybridized carbons (Fsp3) is 0.229. The summed E-state index contributed by atoms with van der Waals surface area (Å²) in [7, 11) is 0. The third kappa shape index (κ3) is 6.56. The molecule has 0 bridgehead atoms. The van der Waals surface area contributed by atoms with Gasteiger partial charge in [-0.3, -0.25) is 19.6 Å². The van der Waals surface area contributed by atoms with Crippen molar-refractivity contribution in [3.05, 3.63) is 103 Å². The number of carbonyl (C=O) groups is 2. The topological polar surface area (TPSA) is 107 Å². The Hall–Kier alpha value is -4.87. The van der Waals surface area contributed by atoms with E-state index in [4.69, 9.17) is 0 Å². The van der Waals surface area contributed by atoms with Crippen molar-refractivity contribution < 1.29 is 14.0 Å². The molecule has 3 aromatic carbocycles. The van der Waals surface area contributed by atoms with Crippen LogP contribution < -0.4 is 5.32 Å². The first-order valence-electron chi connectivity index (χ1n) is 15.2. The molecule has 0 spiro atoms. The first kappa shape index (κ1) is 29.8. The van der Waals surface area contributed by atoms with Gasteiger partial charge in [-0.25, -0.2) is 14.4 Å². The van der Waals surface area contributed by atoms with E-state index in [-0.39, 0.29) is 22.9 Å². The Morgan fingerprint density at radius 3 is 2.48 bits per heavy atom. The molecular weight excluding hydrogens is 601 g/mol. The first-order chi connectivity index (χ1) is 22.5. The average Bonchev–Trinajstić information content (AvgIpc) is 3.52. The maximum atomic E-state index is 13.4. The number of carbonyl (C=O) groups excluding carboxylic acids is 2. The van der Waals surface area contributed by atoms with Crippen molar-refractivity contribution in [3.63, 3.8) is 0 Å². The summed E-state index contributed by atoms with van der Waals surface area (Å²) in [5, 5.41) is 11.0. The lowest BCUT2D eigenvalue weighted by atomic mass is 9.98. The van der Waals surface area contributed by atoms with Crippen LogP contribution in [-0.4, -0.2) is 85.5 Å². The van der Waals surface area contributed by atoms with Crippen LogP contribution >= 0.6 is 11.8 Å². The van der Waals surface area contributed by atoms with Crippen molar-refractivity contribution in [2.75, 3.05) is 43.8 Å². The van der Waals surface area contributed by atoms with Crippen LogP contribution in [0.25, 0.3) is 39.1 Å². The van der Waals surface area contributed by atoms with Crippen LogP contribution in [0, 0.1) is 5.82 Å². The summed E-state index contributed by atoms with van der Waals surface area (Å²) in [6.07, 6.45) is 6.40. The zero-order valence-corrected chi connectivity index (χ0v) is 25.8. The van der Waals surface area contributed by atoms with Crippen LogP contribution in [0.3, 0.4) is 0 Å². The van der Waals surface area contributed by atoms with Gasteiger partial charge in [-0.1, -0.05) is 30.3 Å². The molecule has 2 aliphatic rings. The van der Waals surface area contributed by atoms with Gasteiger partial charge < -0.3 is 10.2 Å². The molecule has 2 amide bonds. The molecule has 2 aliphatic heterocycles. The zero-order valence-electron chi connectivity index (χ0n) is 25.0. The highest BCUT2D eigenvalue weighted by Gasteiger charge is 2.29. The predicted octanol–water partition coefficient (Wildman–Crippen LogP) is 5.50. The monoisotopic (exact) mass is 633 g/mol. The lowest BCUT2D eigenvalue weighted by Crippen LogP contribution is -2.48. The number of hydrogen-bond donors (Lipinski definition) is 2. The first-order valence-corrected chi connectivity index (χ1v) is 16.3. The molecule has 1 saturated heterocycles. The van der Waals surface area contributed by atoms with E-state index in [2.05, 4.69) is 48.6 Å². The number of amides is 2. The summed E-state index contributed by atoms with van der Waals surface area (Å²) in [6, 6.07) is 21.8. The van der Waals surface area contributed by atoms with Crippen LogP contribution in [0.2, 0.25) is 0 Å². The van der Waals surface area contributed by atoms with Crippen molar-refractivity contribution in [2.45, 2.75) is 11.7 Å². The molecule has 5 aromatic rings. The van der Waals surface area contributed by atoms with E-state index in [1.807, 2.05) is 35.2 Å². The molecule has 0 aliphatic carbocycles. The molecule has 232 valence electrons. The lowest BCUT2D eigenvalue weighted by Gasteiger charge is -2.33. The molecule has 2 aromatic heterocycles. The highest BCUT2D eigenvalue weighted by atomic mass is 32.2. The molecule has 0 saturated carbocycles. The Morgan fingerprint density at radius 2 is 1.72 bits per heavy atom. The van der Waals surface area contributed by atoms with Gasteiger partial charge in [0.05, 0.1) is 23.0 Å². The maximum Gasteiger partial charge on any atom is 0.238 e. The van der Waals surface area contributed by atoms with E-state index in [1.54, 1.807) is 42.4 Å². The molecular formula is C35H32FN7O2S. The van der Waals surface area contributed by atoms with Gasteiger partial charge in [-0.15, -0.1) is 11.8 Å². The maximum absolute atomic E-state index is 13.4. The summed E-state index contributed by atoms with van der Waals surface area (Å²) in [5.74, 6) is 1.15. The number of nitrogens with zero attached hydrogens (tertiary/aromatic N) is 5. The number of H-pyrrole nitrogens is 1. The summed E-state index contributed by atoms with van der Waals surface area (Å²) in [6.45, 7) is 2.79. The van der Waals surface area contributed by atoms with E-state index >= 15 is 0 Å². The predicted molar refractivity (Wildman–Crippen MR) is 179 cm³/mol. The van der Waals surface area contributed by atoms with Crippen LogP contribution in [0.1, 0.15) is 12.0 Å². The molecule has 1 unspecified atom stereocenters. The second-order valence-electron chi connectivity index (χ2n) is 11.4. The number of thioether (sulfide) groups is 1. The number of aromatic amines is 1.